The van der Waals surface area contributed by atoms with Crippen LogP contribution in [0.15, 0.2) is 10.7 Å². The molecule has 0 aromatic carbocycles. The molecule has 2 unspecified atom stereocenters. The van der Waals surface area contributed by atoms with Crippen LogP contribution in [0.3, 0.4) is 0 Å². The number of hydrogen-bond acceptors (Lipinski definition) is 5. The van der Waals surface area contributed by atoms with Gasteiger partial charge in [0.25, 0.3) is 6.01 Å². The Morgan fingerprint density at radius 3 is 3.11 bits per heavy atom. The monoisotopic (exact) mass is 251 g/mol. The van der Waals surface area contributed by atoms with E-state index in [1.165, 1.54) is 25.8 Å². The molecule has 0 amide bonds. The molecular formula is C13H21N3O2. The second kappa shape index (κ2) is 4.90. The van der Waals surface area contributed by atoms with Crippen molar-refractivity contribution in [3.05, 3.63) is 12.0 Å². The van der Waals surface area contributed by atoms with E-state index in [1.807, 2.05) is 0 Å². The lowest BCUT2D eigenvalue weighted by atomic mass is 9.97. The van der Waals surface area contributed by atoms with Crippen LogP contribution in [0.1, 0.15) is 31.9 Å². The minimum atomic E-state index is -0.0543. The Kier molecular flexibility index (Phi) is 3.26. The number of anilines is 1. The molecule has 0 bridgehead atoms. The van der Waals surface area contributed by atoms with Gasteiger partial charge in [0.2, 0.25) is 0 Å². The highest BCUT2D eigenvalue weighted by Gasteiger charge is 2.34. The van der Waals surface area contributed by atoms with Crippen molar-refractivity contribution >= 4 is 6.01 Å². The third kappa shape index (κ3) is 2.12. The van der Waals surface area contributed by atoms with Gasteiger partial charge in [-0.3, -0.25) is 4.90 Å². The van der Waals surface area contributed by atoms with Gasteiger partial charge >= 0.3 is 0 Å². The number of hydrogen-bond donors (Lipinski definition) is 1. The first-order valence-corrected chi connectivity index (χ1v) is 6.84. The maximum atomic E-state index is 9.05. The van der Waals surface area contributed by atoms with E-state index < -0.39 is 0 Å². The lowest BCUT2D eigenvalue weighted by Gasteiger charge is -2.46. The van der Waals surface area contributed by atoms with Crippen LogP contribution in [0, 0.1) is 0 Å². The molecule has 5 nitrogen and oxygen atoms in total. The van der Waals surface area contributed by atoms with E-state index in [2.05, 4.69) is 21.7 Å². The summed E-state index contributed by atoms with van der Waals surface area (Å²) in [6, 6.07) is 1.72. The predicted molar refractivity (Wildman–Crippen MR) is 68.4 cm³/mol. The van der Waals surface area contributed by atoms with Crippen LogP contribution in [0.25, 0.3) is 0 Å². The van der Waals surface area contributed by atoms with Gasteiger partial charge in [0.1, 0.15) is 12.0 Å². The number of rotatable bonds is 2. The maximum absolute atomic E-state index is 9.05. The summed E-state index contributed by atoms with van der Waals surface area (Å²) >= 11 is 0. The number of aromatic nitrogens is 1. The Bertz CT molecular complexity index is 407. The van der Waals surface area contributed by atoms with Gasteiger partial charge in [-0.05, 0) is 26.3 Å². The van der Waals surface area contributed by atoms with E-state index in [0.29, 0.717) is 23.8 Å². The van der Waals surface area contributed by atoms with Gasteiger partial charge in [-0.15, -0.1) is 0 Å². The summed E-state index contributed by atoms with van der Waals surface area (Å²) in [5.41, 5.74) is 0.614. The standard InChI is InChI=1S/C13H21N3O2/c1-10-6-15-5-3-2-4-12(15)7-16(10)13-14-11(8-17)9-18-13/h9-10,12,17H,2-8H2,1H3. The smallest absolute Gasteiger partial charge is 0.297 e. The summed E-state index contributed by atoms with van der Waals surface area (Å²) in [6.07, 6.45) is 5.49. The summed E-state index contributed by atoms with van der Waals surface area (Å²) < 4.78 is 5.48. The minimum Gasteiger partial charge on any atom is -0.432 e. The summed E-state index contributed by atoms with van der Waals surface area (Å²) in [5, 5.41) is 9.05. The molecule has 0 saturated carbocycles. The number of aliphatic hydroxyl groups excluding tert-OH is 1. The predicted octanol–water partition coefficient (Wildman–Crippen LogP) is 1.23. The molecule has 1 aromatic heterocycles. The van der Waals surface area contributed by atoms with Gasteiger partial charge in [0.15, 0.2) is 0 Å². The van der Waals surface area contributed by atoms with E-state index >= 15 is 0 Å². The topological polar surface area (TPSA) is 52.7 Å². The average molecular weight is 251 g/mol. The van der Waals surface area contributed by atoms with Crippen molar-refractivity contribution in [3.8, 4) is 0 Å². The fraction of sp³-hybridized carbons (Fsp3) is 0.769. The van der Waals surface area contributed by atoms with E-state index in [0.717, 1.165) is 13.1 Å². The molecule has 100 valence electrons. The van der Waals surface area contributed by atoms with Crippen LogP contribution in [-0.2, 0) is 6.61 Å². The number of fused-ring (bicyclic) bond motifs is 1. The molecule has 0 spiro atoms. The second-order valence-corrected chi connectivity index (χ2v) is 5.43. The Morgan fingerprint density at radius 2 is 2.33 bits per heavy atom. The van der Waals surface area contributed by atoms with Crippen molar-refractivity contribution in [2.45, 2.75) is 44.9 Å². The SMILES string of the molecule is CC1CN2CCCCC2CN1c1nc(CO)co1. The van der Waals surface area contributed by atoms with Crippen LogP contribution in [-0.4, -0.2) is 46.7 Å². The molecule has 3 heterocycles. The van der Waals surface area contributed by atoms with Crippen LogP contribution in [0.4, 0.5) is 6.01 Å². The van der Waals surface area contributed by atoms with E-state index in [1.54, 1.807) is 6.26 Å². The van der Waals surface area contributed by atoms with Gasteiger partial charge in [-0.25, -0.2) is 0 Å². The Hall–Kier alpha value is -1.07. The Morgan fingerprint density at radius 1 is 1.44 bits per heavy atom. The maximum Gasteiger partial charge on any atom is 0.297 e. The molecule has 2 aliphatic rings. The number of piperidine rings is 1. The average Bonchev–Trinajstić information content (AvgIpc) is 2.86. The highest BCUT2D eigenvalue weighted by Crippen LogP contribution is 2.27. The van der Waals surface area contributed by atoms with Crippen LogP contribution < -0.4 is 4.90 Å². The van der Waals surface area contributed by atoms with E-state index in [-0.39, 0.29) is 6.61 Å². The van der Waals surface area contributed by atoms with Crippen LogP contribution in [0.5, 0.6) is 0 Å². The molecule has 2 atom stereocenters. The van der Waals surface area contributed by atoms with Crippen molar-refractivity contribution in [2.24, 2.45) is 0 Å². The third-order valence-corrected chi connectivity index (χ3v) is 4.13. The van der Waals surface area contributed by atoms with Gasteiger partial charge < -0.3 is 14.4 Å². The van der Waals surface area contributed by atoms with Gasteiger partial charge in [-0.1, -0.05) is 6.42 Å². The highest BCUT2D eigenvalue weighted by molar-refractivity contribution is 5.31. The number of aliphatic hydroxyl groups is 1. The highest BCUT2D eigenvalue weighted by atomic mass is 16.4. The van der Waals surface area contributed by atoms with Crippen LogP contribution >= 0.6 is 0 Å². The van der Waals surface area contributed by atoms with Crippen LogP contribution in [0.2, 0.25) is 0 Å². The molecule has 3 rings (SSSR count). The number of oxazole rings is 1. The van der Waals surface area contributed by atoms with Gasteiger partial charge in [0.05, 0.1) is 6.61 Å². The first-order valence-electron chi connectivity index (χ1n) is 6.84. The first-order chi connectivity index (χ1) is 8.78. The van der Waals surface area contributed by atoms with Gasteiger partial charge in [-0.2, -0.15) is 4.98 Å². The summed E-state index contributed by atoms with van der Waals surface area (Å²) in [7, 11) is 0. The van der Waals surface area contributed by atoms with Crippen molar-refractivity contribution in [2.75, 3.05) is 24.5 Å². The molecule has 0 radical (unpaired) electrons. The zero-order valence-corrected chi connectivity index (χ0v) is 10.9. The molecule has 18 heavy (non-hydrogen) atoms. The van der Waals surface area contributed by atoms with E-state index in [9.17, 15) is 0 Å². The largest absolute Gasteiger partial charge is 0.432 e. The van der Waals surface area contributed by atoms with Crippen molar-refractivity contribution in [1.82, 2.24) is 9.88 Å². The van der Waals surface area contributed by atoms with Crippen molar-refractivity contribution < 1.29 is 9.52 Å². The van der Waals surface area contributed by atoms with Gasteiger partial charge in [0, 0.05) is 25.2 Å². The lowest BCUT2D eigenvalue weighted by molar-refractivity contribution is 0.113. The molecule has 2 fully saturated rings. The summed E-state index contributed by atoms with van der Waals surface area (Å²) in [6.45, 7) is 5.47. The van der Waals surface area contributed by atoms with Crippen molar-refractivity contribution in [1.29, 1.82) is 0 Å². The quantitative estimate of drug-likeness (QED) is 0.857. The molecular weight excluding hydrogens is 230 g/mol. The minimum absolute atomic E-state index is 0.0543. The number of nitrogens with zero attached hydrogens (tertiary/aromatic N) is 3. The second-order valence-electron chi connectivity index (χ2n) is 5.43. The Balaban J connectivity index is 1.75. The fourth-order valence-electron chi connectivity index (χ4n) is 3.12. The molecule has 1 N–H and O–H groups in total. The zero-order valence-electron chi connectivity index (χ0n) is 10.9. The summed E-state index contributed by atoms with van der Waals surface area (Å²) in [5.74, 6) is 0. The van der Waals surface area contributed by atoms with E-state index in [4.69, 9.17) is 9.52 Å². The molecule has 2 aliphatic heterocycles. The van der Waals surface area contributed by atoms with Crippen molar-refractivity contribution in [3.63, 3.8) is 0 Å². The number of piperazine rings is 1. The Labute approximate surface area is 107 Å². The third-order valence-electron chi connectivity index (χ3n) is 4.13. The normalized spacial score (nSPS) is 29.3. The lowest BCUT2D eigenvalue weighted by Crippen LogP contribution is -2.59. The summed E-state index contributed by atoms with van der Waals surface area (Å²) in [4.78, 5) is 9.17. The first kappa shape index (κ1) is 12.0. The fourth-order valence-corrected chi connectivity index (χ4v) is 3.12. The molecule has 1 aromatic rings. The zero-order chi connectivity index (χ0) is 12.5. The molecule has 2 saturated heterocycles. The molecule has 0 aliphatic carbocycles. The molecule has 5 heteroatoms.